The fourth-order valence-corrected chi connectivity index (χ4v) is 1.86. The van der Waals surface area contributed by atoms with E-state index < -0.39 is 0 Å². The van der Waals surface area contributed by atoms with Gasteiger partial charge in [0.05, 0.1) is 0 Å². The highest BCUT2D eigenvalue weighted by Crippen LogP contribution is 2.16. The van der Waals surface area contributed by atoms with Crippen LogP contribution >= 0.6 is 0 Å². The highest BCUT2D eigenvalue weighted by atomic mass is 15.3. The predicted octanol–water partition coefficient (Wildman–Crippen LogP) is 1.49. The Labute approximate surface area is 82.8 Å². The molecule has 2 rings (SSSR count). The molecule has 74 valence electrons. The van der Waals surface area contributed by atoms with Crippen molar-refractivity contribution in [3.8, 4) is 0 Å². The van der Waals surface area contributed by atoms with Gasteiger partial charge in [0.1, 0.15) is 5.82 Å². The first kappa shape index (κ1) is 8.99. The first-order chi connectivity index (χ1) is 6.63. The molecule has 0 radical (unpaired) electrons. The van der Waals surface area contributed by atoms with Crippen LogP contribution in [0.4, 0.5) is 5.82 Å². The molecule has 0 aromatic carbocycles. The van der Waals surface area contributed by atoms with Gasteiger partial charge < -0.3 is 5.73 Å². The van der Waals surface area contributed by atoms with Crippen molar-refractivity contribution in [1.29, 1.82) is 0 Å². The Hall–Kier alpha value is -1.58. The maximum Gasteiger partial charge on any atom is 0.157 e. The third-order valence-corrected chi connectivity index (χ3v) is 2.54. The van der Waals surface area contributed by atoms with Gasteiger partial charge in [0.25, 0.3) is 0 Å². The Balaban J connectivity index is 2.84. The smallest absolute Gasteiger partial charge is 0.157 e. The first-order valence-corrected chi connectivity index (χ1v) is 4.74. The number of fused-ring (bicyclic) bond motifs is 1. The number of nitrogens with two attached hydrogens (primary N) is 1. The molecule has 0 amide bonds. The summed E-state index contributed by atoms with van der Waals surface area (Å²) in [6.07, 6.45) is 0.973. The Morgan fingerprint density at radius 3 is 2.79 bits per heavy atom. The normalized spacial score (nSPS) is 11.1. The van der Waals surface area contributed by atoms with Gasteiger partial charge in [0, 0.05) is 17.5 Å². The Morgan fingerprint density at radius 2 is 2.14 bits per heavy atom. The zero-order chi connectivity index (χ0) is 10.3. The summed E-state index contributed by atoms with van der Waals surface area (Å²) in [6.45, 7) is 6.19. The third-order valence-electron chi connectivity index (χ3n) is 2.54. The Kier molecular flexibility index (Phi) is 1.91. The van der Waals surface area contributed by atoms with Gasteiger partial charge >= 0.3 is 0 Å². The second-order valence-corrected chi connectivity index (χ2v) is 3.45. The van der Waals surface area contributed by atoms with Gasteiger partial charge in [-0.15, -0.1) is 5.10 Å². The summed E-state index contributed by atoms with van der Waals surface area (Å²) >= 11 is 0. The molecule has 2 aromatic heterocycles. The number of aromatic nitrogens is 3. The molecule has 4 nitrogen and oxygen atoms in total. The summed E-state index contributed by atoms with van der Waals surface area (Å²) in [5.41, 5.74) is 9.91. The lowest BCUT2D eigenvalue weighted by Gasteiger charge is -2.07. The summed E-state index contributed by atoms with van der Waals surface area (Å²) in [7, 11) is 0. The largest absolute Gasteiger partial charge is 0.382 e. The molecule has 0 saturated carbocycles. The molecule has 0 saturated heterocycles. The van der Waals surface area contributed by atoms with E-state index in [0.29, 0.717) is 5.82 Å². The molecule has 0 unspecified atom stereocenters. The van der Waals surface area contributed by atoms with E-state index >= 15 is 0 Å². The van der Waals surface area contributed by atoms with Gasteiger partial charge in [-0.2, -0.15) is 0 Å². The lowest BCUT2D eigenvalue weighted by Crippen LogP contribution is -2.04. The van der Waals surface area contributed by atoms with Crippen molar-refractivity contribution in [3.05, 3.63) is 23.0 Å². The molecular formula is C10H14N4. The standard InChI is InChI=1S/C10H14N4/c1-4-8-6(2)12-10-5-9(11)13-14(10)7(8)3/h5H,4H2,1-3H3,(H2,11,13). The third kappa shape index (κ3) is 1.14. The number of rotatable bonds is 1. The number of nitrogens with zero attached hydrogens (tertiary/aromatic N) is 3. The van der Waals surface area contributed by atoms with Crippen LogP contribution in [0.5, 0.6) is 0 Å². The lowest BCUT2D eigenvalue weighted by molar-refractivity contribution is 0.854. The van der Waals surface area contributed by atoms with Gasteiger partial charge in [-0.3, -0.25) is 0 Å². The average molecular weight is 190 g/mol. The minimum absolute atomic E-state index is 0.522. The second kappa shape index (κ2) is 2.97. The number of anilines is 1. The van der Waals surface area contributed by atoms with Crippen LogP contribution in [0.1, 0.15) is 23.9 Å². The minimum atomic E-state index is 0.522. The van der Waals surface area contributed by atoms with E-state index in [2.05, 4.69) is 17.0 Å². The Morgan fingerprint density at radius 1 is 1.43 bits per heavy atom. The van der Waals surface area contributed by atoms with Crippen LogP contribution in [0, 0.1) is 13.8 Å². The molecule has 14 heavy (non-hydrogen) atoms. The molecule has 0 bridgehead atoms. The molecule has 2 aromatic rings. The van der Waals surface area contributed by atoms with E-state index in [1.807, 2.05) is 13.8 Å². The fraction of sp³-hybridized carbons (Fsp3) is 0.400. The van der Waals surface area contributed by atoms with Gasteiger partial charge in [-0.05, 0) is 25.8 Å². The van der Waals surface area contributed by atoms with Crippen LogP contribution < -0.4 is 5.73 Å². The molecular weight excluding hydrogens is 176 g/mol. The molecule has 2 heterocycles. The zero-order valence-corrected chi connectivity index (χ0v) is 8.70. The van der Waals surface area contributed by atoms with Crippen LogP contribution in [-0.4, -0.2) is 14.6 Å². The van der Waals surface area contributed by atoms with Crippen molar-refractivity contribution in [2.45, 2.75) is 27.2 Å². The summed E-state index contributed by atoms with van der Waals surface area (Å²) in [4.78, 5) is 4.45. The molecule has 0 aliphatic carbocycles. The summed E-state index contributed by atoms with van der Waals surface area (Å²) in [6, 6.07) is 1.79. The minimum Gasteiger partial charge on any atom is -0.382 e. The molecule has 2 N–H and O–H groups in total. The van der Waals surface area contributed by atoms with Crippen molar-refractivity contribution in [2.75, 3.05) is 5.73 Å². The first-order valence-electron chi connectivity index (χ1n) is 4.74. The summed E-state index contributed by atoms with van der Waals surface area (Å²) < 4.78 is 1.81. The van der Waals surface area contributed by atoms with Gasteiger partial charge in [0.2, 0.25) is 0 Å². The number of hydrogen-bond acceptors (Lipinski definition) is 3. The van der Waals surface area contributed by atoms with Gasteiger partial charge in [0.15, 0.2) is 5.65 Å². The van der Waals surface area contributed by atoms with E-state index in [1.165, 1.54) is 5.56 Å². The topological polar surface area (TPSA) is 56.2 Å². The lowest BCUT2D eigenvalue weighted by atomic mass is 10.1. The van der Waals surface area contributed by atoms with E-state index in [-0.39, 0.29) is 0 Å². The maximum absolute atomic E-state index is 5.63. The predicted molar refractivity (Wildman–Crippen MR) is 56.3 cm³/mol. The summed E-state index contributed by atoms with van der Waals surface area (Å²) in [5.74, 6) is 0.522. The number of nitrogen functional groups attached to an aromatic ring is 1. The highest BCUT2D eigenvalue weighted by molar-refractivity contribution is 5.50. The maximum atomic E-state index is 5.63. The van der Waals surface area contributed by atoms with E-state index in [1.54, 1.807) is 10.6 Å². The van der Waals surface area contributed by atoms with Crippen molar-refractivity contribution in [3.63, 3.8) is 0 Å². The monoisotopic (exact) mass is 190 g/mol. The van der Waals surface area contributed by atoms with Crippen molar-refractivity contribution < 1.29 is 0 Å². The Bertz CT molecular complexity index is 484. The zero-order valence-electron chi connectivity index (χ0n) is 8.70. The van der Waals surface area contributed by atoms with E-state index in [4.69, 9.17) is 5.73 Å². The van der Waals surface area contributed by atoms with Crippen LogP contribution in [-0.2, 0) is 6.42 Å². The van der Waals surface area contributed by atoms with Crippen LogP contribution in [0.2, 0.25) is 0 Å². The van der Waals surface area contributed by atoms with Crippen LogP contribution in [0.25, 0.3) is 5.65 Å². The van der Waals surface area contributed by atoms with Gasteiger partial charge in [-0.1, -0.05) is 6.92 Å². The van der Waals surface area contributed by atoms with Crippen molar-refractivity contribution in [2.24, 2.45) is 0 Å². The van der Waals surface area contributed by atoms with Crippen LogP contribution in [0.15, 0.2) is 6.07 Å². The van der Waals surface area contributed by atoms with E-state index in [0.717, 1.165) is 23.5 Å². The highest BCUT2D eigenvalue weighted by Gasteiger charge is 2.09. The molecule has 4 heteroatoms. The fourth-order valence-electron chi connectivity index (χ4n) is 1.86. The molecule has 0 aliphatic rings. The van der Waals surface area contributed by atoms with Gasteiger partial charge in [-0.25, -0.2) is 9.50 Å². The number of aryl methyl sites for hydroxylation is 2. The quantitative estimate of drug-likeness (QED) is 0.741. The molecule has 0 aliphatic heterocycles. The van der Waals surface area contributed by atoms with Crippen LogP contribution in [0.3, 0.4) is 0 Å². The number of hydrogen-bond donors (Lipinski definition) is 1. The molecule has 0 fully saturated rings. The second-order valence-electron chi connectivity index (χ2n) is 3.45. The summed E-state index contributed by atoms with van der Waals surface area (Å²) in [5, 5.41) is 4.19. The molecule has 0 atom stereocenters. The van der Waals surface area contributed by atoms with E-state index in [9.17, 15) is 0 Å². The average Bonchev–Trinajstić information content (AvgIpc) is 2.47. The molecule has 0 spiro atoms. The SMILES string of the molecule is CCc1c(C)nc2cc(N)nn2c1C. The van der Waals surface area contributed by atoms with Crippen molar-refractivity contribution in [1.82, 2.24) is 14.6 Å². The van der Waals surface area contributed by atoms with Crippen molar-refractivity contribution >= 4 is 11.5 Å².